The van der Waals surface area contributed by atoms with Crippen molar-refractivity contribution in [2.75, 3.05) is 39.2 Å². The maximum Gasteiger partial charge on any atom is 0.226 e. The van der Waals surface area contributed by atoms with Gasteiger partial charge in [-0.25, -0.2) is 0 Å². The summed E-state index contributed by atoms with van der Waals surface area (Å²) >= 11 is 0. The molecule has 1 saturated heterocycles. The number of rotatable bonds is 9. The summed E-state index contributed by atoms with van der Waals surface area (Å²) in [6.07, 6.45) is 3.36. The van der Waals surface area contributed by atoms with E-state index in [1.54, 1.807) is 14.2 Å². The monoisotopic (exact) mass is 424 g/mol. The molecule has 2 aromatic carbocycles. The number of anilines is 1. The van der Waals surface area contributed by atoms with Gasteiger partial charge in [-0.3, -0.25) is 4.79 Å². The van der Waals surface area contributed by atoms with Crippen LogP contribution in [-0.2, 0) is 9.53 Å². The Morgan fingerprint density at radius 2 is 1.81 bits per heavy atom. The van der Waals surface area contributed by atoms with Crippen molar-refractivity contribution in [1.29, 1.82) is 0 Å². The molecule has 1 fully saturated rings. The summed E-state index contributed by atoms with van der Waals surface area (Å²) in [5.74, 6) is 1.47. The quantitative estimate of drug-likeness (QED) is 0.598. The molecule has 1 N–H and O–H groups in total. The molecule has 3 rings (SSSR count). The van der Waals surface area contributed by atoms with Gasteiger partial charge in [0, 0.05) is 25.3 Å². The molecule has 0 spiro atoms. The number of hydrogen-bond acceptors (Lipinski definition) is 4. The van der Waals surface area contributed by atoms with E-state index in [0.29, 0.717) is 5.92 Å². The average molecular weight is 425 g/mol. The fourth-order valence-electron chi connectivity index (χ4n) is 4.19. The third kappa shape index (κ3) is 6.55. The van der Waals surface area contributed by atoms with Gasteiger partial charge in [0.15, 0.2) is 0 Å². The molecule has 0 radical (unpaired) electrons. The van der Waals surface area contributed by atoms with Gasteiger partial charge in [0.05, 0.1) is 13.2 Å². The smallest absolute Gasteiger partial charge is 0.226 e. The Bertz CT molecular complexity index is 827. The van der Waals surface area contributed by atoms with E-state index in [-0.39, 0.29) is 17.9 Å². The van der Waals surface area contributed by atoms with Gasteiger partial charge in [0.2, 0.25) is 5.91 Å². The number of ether oxygens (including phenoxy) is 2. The maximum absolute atomic E-state index is 12.0. The van der Waals surface area contributed by atoms with E-state index >= 15 is 0 Å². The van der Waals surface area contributed by atoms with Crippen molar-refractivity contribution in [2.45, 2.75) is 45.1 Å². The van der Waals surface area contributed by atoms with Gasteiger partial charge in [-0.15, -0.1) is 0 Å². The lowest BCUT2D eigenvalue weighted by Gasteiger charge is -2.33. The molecule has 1 aliphatic rings. The van der Waals surface area contributed by atoms with Crippen LogP contribution in [0, 0.1) is 5.92 Å². The van der Waals surface area contributed by atoms with Crippen LogP contribution in [0.4, 0.5) is 5.69 Å². The SMILES string of the molecule is COc1ccc(C(CCN2CCC(c3cccc(NC(=O)C(C)C)c3)CC2)OC)cc1. The second-order valence-electron chi connectivity index (χ2n) is 8.67. The summed E-state index contributed by atoms with van der Waals surface area (Å²) in [4.78, 5) is 14.5. The predicted octanol–water partition coefficient (Wildman–Crippen LogP) is 5.25. The van der Waals surface area contributed by atoms with Gasteiger partial charge in [0.1, 0.15) is 5.75 Å². The van der Waals surface area contributed by atoms with E-state index in [9.17, 15) is 4.79 Å². The number of methoxy groups -OCH3 is 2. The summed E-state index contributed by atoms with van der Waals surface area (Å²) in [7, 11) is 3.47. The van der Waals surface area contributed by atoms with Gasteiger partial charge in [-0.1, -0.05) is 38.1 Å². The van der Waals surface area contributed by atoms with E-state index in [2.05, 4.69) is 40.5 Å². The van der Waals surface area contributed by atoms with Crippen LogP contribution in [0.25, 0.3) is 0 Å². The first-order valence-corrected chi connectivity index (χ1v) is 11.3. The van der Waals surface area contributed by atoms with Crippen molar-refractivity contribution in [2.24, 2.45) is 5.92 Å². The number of benzene rings is 2. The second kappa shape index (κ2) is 11.3. The minimum Gasteiger partial charge on any atom is -0.497 e. The largest absolute Gasteiger partial charge is 0.497 e. The number of carbonyl (C=O) groups is 1. The van der Waals surface area contributed by atoms with Gasteiger partial charge in [-0.05, 0) is 73.7 Å². The standard InChI is InChI=1S/C26H36N2O3/c1-19(2)26(29)27-23-7-5-6-22(18-23)20-12-15-28(16-13-20)17-14-25(31-4)21-8-10-24(30-3)11-9-21/h5-11,18-20,25H,12-17H2,1-4H3,(H,27,29). The molecule has 1 amide bonds. The topological polar surface area (TPSA) is 50.8 Å². The Hall–Kier alpha value is -2.37. The zero-order chi connectivity index (χ0) is 22.2. The third-order valence-electron chi connectivity index (χ3n) is 6.22. The van der Waals surface area contributed by atoms with Crippen molar-refractivity contribution in [1.82, 2.24) is 4.90 Å². The summed E-state index contributed by atoms with van der Waals surface area (Å²) in [5.41, 5.74) is 3.42. The molecule has 0 saturated carbocycles. The number of piperidine rings is 1. The summed E-state index contributed by atoms with van der Waals surface area (Å²) in [6.45, 7) is 7.04. The summed E-state index contributed by atoms with van der Waals surface area (Å²) in [5, 5.41) is 3.02. The molecule has 0 aliphatic carbocycles. The Kier molecular flexibility index (Phi) is 8.50. The maximum atomic E-state index is 12.0. The van der Waals surface area contributed by atoms with Crippen molar-refractivity contribution in [3.63, 3.8) is 0 Å². The van der Waals surface area contributed by atoms with Crippen LogP contribution in [-0.4, -0.2) is 44.7 Å². The Morgan fingerprint density at radius 1 is 1.10 bits per heavy atom. The molecule has 1 atom stereocenters. The minimum absolute atomic E-state index is 0.0132. The van der Waals surface area contributed by atoms with Gasteiger partial charge in [-0.2, -0.15) is 0 Å². The van der Waals surface area contributed by atoms with Gasteiger partial charge < -0.3 is 19.7 Å². The lowest BCUT2D eigenvalue weighted by atomic mass is 9.89. The lowest BCUT2D eigenvalue weighted by Crippen LogP contribution is -2.34. The van der Waals surface area contributed by atoms with Crippen LogP contribution in [0.3, 0.4) is 0 Å². The van der Waals surface area contributed by atoms with Crippen molar-refractivity contribution in [3.05, 3.63) is 59.7 Å². The molecule has 1 aliphatic heterocycles. The summed E-state index contributed by atoms with van der Waals surface area (Å²) < 4.78 is 11.0. The Morgan fingerprint density at radius 3 is 2.42 bits per heavy atom. The van der Waals surface area contributed by atoms with Gasteiger partial charge in [0.25, 0.3) is 0 Å². The van der Waals surface area contributed by atoms with Crippen LogP contribution in [0.5, 0.6) is 5.75 Å². The molecule has 5 heteroatoms. The minimum atomic E-state index is -0.0132. The molecule has 1 unspecified atom stereocenters. The fourth-order valence-corrected chi connectivity index (χ4v) is 4.19. The zero-order valence-corrected chi connectivity index (χ0v) is 19.3. The van der Waals surface area contributed by atoms with Crippen molar-refractivity contribution >= 4 is 11.6 Å². The van der Waals surface area contributed by atoms with Crippen molar-refractivity contribution in [3.8, 4) is 5.75 Å². The Labute approximate surface area is 186 Å². The van der Waals surface area contributed by atoms with Crippen molar-refractivity contribution < 1.29 is 14.3 Å². The van der Waals surface area contributed by atoms with Crippen LogP contribution >= 0.6 is 0 Å². The molecule has 1 heterocycles. The van der Waals surface area contributed by atoms with E-state index in [1.807, 2.05) is 32.0 Å². The zero-order valence-electron chi connectivity index (χ0n) is 19.3. The van der Waals surface area contributed by atoms with Crippen LogP contribution in [0.2, 0.25) is 0 Å². The second-order valence-corrected chi connectivity index (χ2v) is 8.67. The number of hydrogen-bond donors (Lipinski definition) is 1. The highest BCUT2D eigenvalue weighted by Crippen LogP contribution is 2.30. The molecule has 0 bridgehead atoms. The molecular formula is C26H36N2O3. The molecule has 168 valence electrons. The number of amides is 1. The Balaban J connectivity index is 1.49. The first kappa shape index (κ1) is 23.3. The van der Waals surface area contributed by atoms with Gasteiger partial charge >= 0.3 is 0 Å². The number of likely N-dealkylation sites (tertiary alicyclic amines) is 1. The average Bonchev–Trinajstić information content (AvgIpc) is 2.80. The first-order valence-electron chi connectivity index (χ1n) is 11.3. The molecule has 5 nitrogen and oxygen atoms in total. The van der Waals surface area contributed by atoms with E-state index in [0.717, 1.165) is 50.3 Å². The molecular weight excluding hydrogens is 388 g/mol. The highest BCUT2D eigenvalue weighted by Gasteiger charge is 2.22. The van der Waals surface area contributed by atoms with Crippen LogP contribution in [0.15, 0.2) is 48.5 Å². The van der Waals surface area contributed by atoms with E-state index in [1.165, 1.54) is 11.1 Å². The molecule has 2 aromatic rings. The van der Waals surface area contributed by atoms with E-state index < -0.39 is 0 Å². The normalized spacial score (nSPS) is 16.3. The number of carbonyl (C=O) groups excluding carboxylic acids is 1. The van der Waals surface area contributed by atoms with Crippen LogP contribution < -0.4 is 10.1 Å². The fraction of sp³-hybridized carbons (Fsp3) is 0.500. The highest BCUT2D eigenvalue weighted by molar-refractivity contribution is 5.92. The van der Waals surface area contributed by atoms with E-state index in [4.69, 9.17) is 9.47 Å². The predicted molar refractivity (Wildman–Crippen MR) is 126 cm³/mol. The molecule has 31 heavy (non-hydrogen) atoms. The highest BCUT2D eigenvalue weighted by atomic mass is 16.5. The molecule has 0 aromatic heterocycles. The van der Waals surface area contributed by atoms with Crippen LogP contribution in [0.1, 0.15) is 56.3 Å². The first-order chi connectivity index (χ1) is 15.0. The third-order valence-corrected chi connectivity index (χ3v) is 6.22. The summed E-state index contributed by atoms with van der Waals surface area (Å²) in [6, 6.07) is 16.5. The number of nitrogens with one attached hydrogen (secondary N) is 1. The number of nitrogens with zero attached hydrogens (tertiary/aromatic N) is 1. The lowest BCUT2D eigenvalue weighted by molar-refractivity contribution is -0.118.